The standard InChI is InChI=1S/C13H17NO/c1-13(2,3)11-7-4-8-12(14)10(11)6-5-9-15/h4-9H,14H2,1-3H3/b6-5-. The Labute approximate surface area is 90.8 Å². The summed E-state index contributed by atoms with van der Waals surface area (Å²) in [6, 6.07) is 5.83. The maximum atomic E-state index is 10.3. The summed E-state index contributed by atoms with van der Waals surface area (Å²) in [5.41, 5.74) is 8.72. The van der Waals surface area contributed by atoms with E-state index in [0.29, 0.717) is 5.69 Å². The average molecular weight is 203 g/mol. The van der Waals surface area contributed by atoms with Gasteiger partial charge in [-0.15, -0.1) is 0 Å². The second-order valence-electron chi connectivity index (χ2n) is 4.55. The number of carbonyl (C=O) groups excluding carboxylic acids is 1. The van der Waals surface area contributed by atoms with Crippen LogP contribution in [-0.2, 0) is 10.2 Å². The van der Waals surface area contributed by atoms with Crippen molar-refractivity contribution in [1.82, 2.24) is 0 Å². The van der Waals surface area contributed by atoms with Gasteiger partial charge in [-0.3, -0.25) is 4.79 Å². The molecule has 0 spiro atoms. The lowest BCUT2D eigenvalue weighted by Gasteiger charge is -2.22. The second-order valence-corrected chi connectivity index (χ2v) is 4.55. The van der Waals surface area contributed by atoms with Crippen LogP contribution in [0.15, 0.2) is 24.3 Å². The van der Waals surface area contributed by atoms with Gasteiger partial charge in [0.1, 0.15) is 6.29 Å². The molecule has 0 saturated carbocycles. The summed E-state index contributed by atoms with van der Waals surface area (Å²) < 4.78 is 0. The van der Waals surface area contributed by atoms with Gasteiger partial charge in [0.2, 0.25) is 0 Å². The molecule has 0 heterocycles. The van der Waals surface area contributed by atoms with Crippen molar-refractivity contribution < 1.29 is 4.79 Å². The molecule has 1 rings (SSSR count). The topological polar surface area (TPSA) is 43.1 Å². The van der Waals surface area contributed by atoms with Crippen LogP contribution in [0.2, 0.25) is 0 Å². The van der Waals surface area contributed by atoms with Crippen LogP contribution in [0.5, 0.6) is 0 Å². The van der Waals surface area contributed by atoms with Gasteiger partial charge in [0, 0.05) is 11.3 Å². The molecule has 0 amide bonds. The molecule has 0 radical (unpaired) electrons. The normalized spacial score (nSPS) is 11.9. The van der Waals surface area contributed by atoms with Crippen molar-refractivity contribution in [3.63, 3.8) is 0 Å². The molecule has 0 aliphatic carbocycles. The SMILES string of the molecule is CC(C)(C)c1cccc(N)c1/C=C\C=O. The van der Waals surface area contributed by atoms with Crippen molar-refractivity contribution in [3.8, 4) is 0 Å². The van der Waals surface area contributed by atoms with E-state index in [9.17, 15) is 4.79 Å². The molecule has 2 N–H and O–H groups in total. The third-order valence-electron chi connectivity index (χ3n) is 2.29. The summed E-state index contributed by atoms with van der Waals surface area (Å²) in [5.74, 6) is 0. The third-order valence-corrected chi connectivity index (χ3v) is 2.29. The number of hydrogen-bond acceptors (Lipinski definition) is 2. The molecular weight excluding hydrogens is 186 g/mol. The van der Waals surface area contributed by atoms with Crippen LogP contribution in [0.4, 0.5) is 5.69 Å². The predicted molar refractivity (Wildman–Crippen MR) is 64.7 cm³/mol. The van der Waals surface area contributed by atoms with Crippen LogP contribution in [0.3, 0.4) is 0 Å². The number of rotatable bonds is 2. The molecule has 2 heteroatoms. The van der Waals surface area contributed by atoms with Gasteiger partial charge in [0.05, 0.1) is 0 Å². The molecule has 0 aromatic heterocycles. The molecule has 15 heavy (non-hydrogen) atoms. The summed E-state index contributed by atoms with van der Waals surface area (Å²) >= 11 is 0. The lowest BCUT2D eigenvalue weighted by Crippen LogP contribution is -2.13. The summed E-state index contributed by atoms with van der Waals surface area (Å²) in [6.07, 6.45) is 4.00. The van der Waals surface area contributed by atoms with Crippen LogP contribution < -0.4 is 5.73 Å². The molecule has 1 aromatic carbocycles. The Morgan fingerprint density at radius 1 is 1.27 bits per heavy atom. The number of benzene rings is 1. The zero-order valence-electron chi connectivity index (χ0n) is 9.45. The first-order valence-corrected chi connectivity index (χ1v) is 4.97. The lowest BCUT2D eigenvalue weighted by atomic mass is 9.83. The molecule has 0 aliphatic heterocycles. The number of nitrogen functional groups attached to an aromatic ring is 1. The maximum Gasteiger partial charge on any atom is 0.142 e. The Bertz CT molecular complexity index is 386. The number of hydrogen-bond donors (Lipinski definition) is 1. The van der Waals surface area contributed by atoms with Crippen molar-refractivity contribution >= 4 is 18.0 Å². The largest absolute Gasteiger partial charge is 0.398 e. The van der Waals surface area contributed by atoms with Crippen molar-refractivity contribution in [1.29, 1.82) is 0 Å². The molecule has 0 atom stereocenters. The molecule has 0 saturated heterocycles. The zero-order chi connectivity index (χ0) is 11.5. The molecule has 1 aromatic rings. The van der Waals surface area contributed by atoms with Crippen LogP contribution in [0.1, 0.15) is 31.9 Å². The van der Waals surface area contributed by atoms with Gasteiger partial charge >= 0.3 is 0 Å². The van der Waals surface area contributed by atoms with E-state index in [-0.39, 0.29) is 5.41 Å². The van der Waals surface area contributed by atoms with Gasteiger partial charge in [-0.1, -0.05) is 32.9 Å². The van der Waals surface area contributed by atoms with Crippen LogP contribution in [0, 0.1) is 0 Å². The second kappa shape index (κ2) is 4.30. The molecule has 0 aliphatic rings. The number of carbonyl (C=O) groups is 1. The first kappa shape index (κ1) is 11.5. The first-order chi connectivity index (χ1) is 6.96. The van der Waals surface area contributed by atoms with E-state index in [1.165, 1.54) is 6.08 Å². The van der Waals surface area contributed by atoms with E-state index in [2.05, 4.69) is 20.8 Å². The molecule has 0 bridgehead atoms. The number of aldehydes is 1. The fourth-order valence-electron chi connectivity index (χ4n) is 1.56. The third kappa shape index (κ3) is 2.69. The van der Waals surface area contributed by atoms with E-state index in [1.54, 1.807) is 6.08 Å². The van der Waals surface area contributed by atoms with Crippen LogP contribution >= 0.6 is 0 Å². The van der Waals surface area contributed by atoms with E-state index >= 15 is 0 Å². The van der Waals surface area contributed by atoms with Gasteiger partial charge in [0.15, 0.2) is 0 Å². The zero-order valence-corrected chi connectivity index (χ0v) is 9.45. The van der Waals surface area contributed by atoms with Gasteiger partial charge < -0.3 is 5.73 Å². The quantitative estimate of drug-likeness (QED) is 0.456. The monoisotopic (exact) mass is 203 g/mol. The minimum atomic E-state index is 0.0257. The van der Waals surface area contributed by atoms with Crippen molar-refractivity contribution in [3.05, 3.63) is 35.4 Å². The minimum absolute atomic E-state index is 0.0257. The summed E-state index contributed by atoms with van der Waals surface area (Å²) in [6.45, 7) is 6.38. The van der Waals surface area contributed by atoms with Crippen molar-refractivity contribution in [2.24, 2.45) is 0 Å². The summed E-state index contributed by atoms with van der Waals surface area (Å²) in [5, 5.41) is 0. The highest BCUT2D eigenvalue weighted by Gasteiger charge is 2.17. The first-order valence-electron chi connectivity index (χ1n) is 4.97. The molecule has 80 valence electrons. The highest BCUT2D eigenvalue weighted by atomic mass is 16.1. The molecule has 2 nitrogen and oxygen atoms in total. The average Bonchev–Trinajstić information content (AvgIpc) is 2.14. The van der Waals surface area contributed by atoms with Gasteiger partial charge in [-0.05, 0) is 29.2 Å². The Kier molecular flexibility index (Phi) is 3.30. The summed E-state index contributed by atoms with van der Waals surface area (Å²) in [4.78, 5) is 10.3. The Morgan fingerprint density at radius 2 is 1.93 bits per heavy atom. The smallest absolute Gasteiger partial charge is 0.142 e. The van der Waals surface area contributed by atoms with E-state index < -0.39 is 0 Å². The highest BCUT2D eigenvalue weighted by Crippen LogP contribution is 2.29. The number of allylic oxidation sites excluding steroid dienone is 1. The summed E-state index contributed by atoms with van der Waals surface area (Å²) in [7, 11) is 0. The van der Waals surface area contributed by atoms with Gasteiger partial charge in [0.25, 0.3) is 0 Å². The number of anilines is 1. The van der Waals surface area contributed by atoms with Crippen molar-refractivity contribution in [2.75, 3.05) is 5.73 Å². The number of nitrogens with two attached hydrogens (primary N) is 1. The van der Waals surface area contributed by atoms with Gasteiger partial charge in [-0.2, -0.15) is 0 Å². The highest BCUT2D eigenvalue weighted by molar-refractivity contribution is 5.79. The van der Waals surface area contributed by atoms with Crippen LogP contribution in [0.25, 0.3) is 6.08 Å². The van der Waals surface area contributed by atoms with Crippen molar-refractivity contribution in [2.45, 2.75) is 26.2 Å². The minimum Gasteiger partial charge on any atom is -0.398 e. The van der Waals surface area contributed by atoms with E-state index in [0.717, 1.165) is 17.4 Å². The molecular formula is C13H17NO. The fraction of sp³-hybridized carbons (Fsp3) is 0.308. The Hall–Kier alpha value is -1.57. The maximum absolute atomic E-state index is 10.3. The van der Waals surface area contributed by atoms with E-state index in [4.69, 9.17) is 5.73 Å². The Balaban J connectivity index is 3.33. The van der Waals surface area contributed by atoms with Gasteiger partial charge in [-0.25, -0.2) is 0 Å². The Morgan fingerprint density at radius 3 is 2.47 bits per heavy atom. The van der Waals surface area contributed by atoms with E-state index in [1.807, 2.05) is 18.2 Å². The lowest BCUT2D eigenvalue weighted by molar-refractivity contribution is -0.104. The van der Waals surface area contributed by atoms with Crippen LogP contribution in [-0.4, -0.2) is 6.29 Å². The molecule has 0 fully saturated rings. The fourth-order valence-corrected chi connectivity index (χ4v) is 1.56. The predicted octanol–water partition coefficient (Wildman–Crippen LogP) is 2.78. The molecule has 0 unspecified atom stereocenters.